The summed E-state index contributed by atoms with van der Waals surface area (Å²) in [6.45, 7) is 0. The van der Waals surface area contributed by atoms with E-state index in [2.05, 4.69) is 0 Å². The van der Waals surface area contributed by atoms with Gasteiger partial charge in [0.25, 0.3) is 0 Å². The molecule has 6 unspecified atom stereocenters. The maximum atomic E-state index is 14.3. The van der Waals surface area contributed by atoms with E-state index in [1.807, 2.05) is 6.08 Å². The number of benzene rings is 3. The van der Waals surface area contributed by atoms with Crippen molar-refractivity contribution in [2.24, 2.45) is 29.6 Å². The number of nitrogens with zero attached hydrogens (tertiary/aromatic N) is 2. The Bertz CT molecular complexity index is 1860. The van der Waals surface area contributed by atoms with Gasteiger partial charge >= 0.3 is 14.2 Å². The molecule has 1 saturated carbocycles. The summed E-state index contributed by atoms with van der Waals surface area (Å²) in [4.78, 5) is 58.5. The SMILES string of the molecule is COc1cccc(C2C3=CCC4C(=O)N(c5cccc(B(O)O)c5)C(=O)C4C3CC3C(=O)N(c4cccc(B(O)O)c4)C(=O)C32)c1O. The fourth-order valence-corrected chi connectivity index (χ4v) is 8.05. The first kappa shape index (κ1) is 30.9. The summed E-state index contributed by atoms with van der Waals surface area (Å²) >= 11 is 0. The Labute approximate surface area is 269 Å². The van der Waals surface area contributed by atoms with Crippen LogP contribution in [0.15, 0.2) is 78.4 Å². The van der Waals surface area contributed by atoms with Crippen LogP contribution in [0.1, 0.15) is 24.3 Å². The van der Waals surface area contributed by atoms with Crippen LogP contribution in [0, 0.1) is 29.6 Å². The van der Waals surface area contributed by atoms with Gasteiger partial charge in [-0.15, -0.1) is 0 Å². The van der Waals surface area contributed by atoms with Crippen LogP contribution in [0.2, 0.25) is 0 Å². The minimum Gasteiger partial charge on any atom is -0.504 e. The van der Waals surface area contributed by atoms with E-state index < -0.39 is 73.4 Å². The lowest BCUT2D eigenvalue weighted by Gasteiger charge is -2.44. The van der Waals surface area contributed by atoms with Crippen molar-refractivity contribution >= 4 is 60.2 Å². The molecule has 4 amide bonds. The highest BCUT2D eigenvalue weighted by Gasteiger charge is 2.62. The topological polar surface area (TPSA) is 185 Å². The average molecular weight is 636 g/mol. The molecule has 2 saturated heterocycles. The number of phenolic OH excluding ortho intramolecular Hbond substituents is 1. The van der Waals surface area contributed by atoms with Crippen molar-refractivity contribution in [2.45, 2.75) is 18.8 Å². The van der Waals surface area contributed by atoms with Crippen molar-refractivity contribution in [3.63, 3.8) is 0 Å². The number of methoxy groups -OCH3 is 1. The van der Waals surface area contributed by atoms with Crippen LogP contribution in [0.4, 0.5) is 11.4 Å². The van der Waals surface area contributed by atoms with Gasteiger partial charge in [-0.2, -0.15) is 0 Å². The second-order valence-corrected chi connectivity index (χ2v) is 12.4. The van der Waals surface area contributed by atoms with Crippen molar-refractivity contribution in [1.82, 2.24) is 0 Å². The Morgan fingerprint density at radius 3 is 1.83 bits per heavy atom. The molecule has 4 aliphatic rings. The van der Waals surface area contributed by atoms with Crippen LogP contribution < -0.4 is 25.5 Å². The molecule has 0 spiro atoms. The van der Waals surface area contributed by atoms with Crippen LogP contribution in [0.5, 0.6) is 11.5 Å². The van der Waals surface area contributed by atoms with E-state index in [-0.39, 0.29) is 46.6 Å². The Hall–Kier alpha value is -4.75. The van der Waals surface area contributed by atoms with Crippen molar-refractivity contribution in [1.29, 1.82) is 0 Å². The molecule has 3 aromatic rings. The normalized spacial score (nSPS) is 26.5. The lowest BCUT2D eigenvalue weighted by Crippen LogP contribution is -2.43. The van der Waals surface area contributed by atoms with E-state index >= 15 is 0 Å². The molecule has 238 valence electrons. The van der Waals surface area contributed by atoms with E-state index in [0.29, 0.717) is 11.1 Å². The highest BCUT2D eigenvalue weighted by molar-refractivity contribution is 6.59. The minimum atomic E-state index is -1.83. The quantitative estimate of drug-likeness (QED) is 0.138. The lowest BCUT2D eigenvalue weighted by molar-refractivity contribution is -0.126. The molecule has 47 heavy (non-hydrogen) atoms. The lowest BCUT2D eigenvalue weighted by atomic mass is 9.57. The molecule has 5 N–H and O–H groups in total. The van der Waals surface area contributed by atoms with Gasteiger partial charge in [0.05, 0.1) is 42.2 Å². The van der Waals surface area contributed by atoms with Crippen molar-refractivity contribution in [3.05, 3.63) is 83.9 Å². The zero-order valence-corrected chi connectivity index (χ0v) is 25.1. The molecular weight excluding hydrogens is 606 g/mol. The number of hydrogen-bond donors (Lipinski definition) is 5. The number of allylic oxidation sites excluding steroid dienone is 2. The van der Waals surface area contributed by atoms with Crippen molar-refractivity contribution in [3.8, 4) is 11.5 Å². The predicted molar refractivity (Wildman–Crippen MR) is 170 cm³/mol. The number of rotatable bonds is 6. The molecule has 0 bridgehead atoms. The molecule has 2 aliphatic carbocycles. The predicted octanol–water partition coefficient (Wildman–Crippen LogP) is -0.194. The molecule has 14 heteroatoms. The van der Waals surface area contributed by atoms with Crippen molar-refractivity contribution in [2.75, 3.05) is 16.9 Å². The number of phenols is 1. The van der Waals surface area contributed by atoms with E-state index in [1.165, 1.54) is 55.6 Å². The van der Waals surface area contributed by atoms with Gasteiger partial charge in [-0.1, -0.05) is 48.0 Å². The largest absolute Gasteiger partial charge is 0.504 e. The third-order valence-electron chi connectivity index (χ3n) is 10.1. The van der Waals surface area contributed by atoms with E-state index in [0.717, 1.165) is 9.80 Å². The smallest absolute Gasteiger partial charge is 0.488 e. The molecule has 3 fully saturated rings. The number of imide groups is 2. The summed E-state index contributed by atoms with van der Waals surface area (Å²) in [5, 5.41) is 50.2. The molecule has 7 rings (SSSR count). The zero-order valence-electron chi connectivity index (χ0n) is 25.1. The van der Waals surface area contributed by atoms with Gasteiger partial charge in [-0.25, -0.2) is 0 Å². The number of anilines is 2. The summed E-state index contributed by atoms with van der Waals surface area (Å²) in [7, 11) is -2.24. The number of carbonyl (C=O) groups excluding carboxylic acids is 4. The monoisotopic (exact) mass is 636 g/mol. The summed E-state index contributed by atoms with van der Waals surface area (Å²) in [5.41, 5.74) is 1.57. The van der Waals surface area contributed by atoms with Gasteiger partial charge in [-0.05, 0) is 60.0 Å². The Morgan fingerprint density at radius 1 is 0.702 bits per heavy atom. The summed E-state index contributed by atoms with van der Waals surface area (Å²) in [6, 6.07) is 16.6. The number of fused-ring (bicyclic) bond motifs is 4. The first-order valence-corrected chi connectivity index (χ1v) is 15.3. The van der Waals surface area contributed by atoms with Gasteiger partial charge in [0.2, 0.25) is 23.6 Å². The maximum Gasteiger partial charge on any atom is 0.488 e. The van der Waals surface area contributed by atoms with Crippen LogP contribution in [0.25, 0.3) is 0 Å². The number of aromatic hydroxyl groups is 1. The first-order valence-electron chi connectivity index (χ1n) is 15.3. The zero-order chi connectivity index (χ0) is 33.3. The number of carbonyl (C=O) groups is 4. The second kappa shape index (κ2) is 11.5. The van der Waals surface area contributed by atoms with E-state index in [4.69, 9.17) is 4.74 Å². The Morgan fingerprint density at radius 2 is 1.26 bits per heavy atom. The standard InChI is InChI=1S/C33H30B2N2O10/c1-47-25-10-4-9-21(29(25)38)26-20-11-12-22-27(32(41)36(30(22)39)18-7-2-5-16(13-18)34(43)44)23(20)15-24-28(26)33(42)37(31(24)40)19-8-3-6-17(14-19)35(45)46/h2-11,13-14,22-24,26-28,38,43-46H,12,15H2,1H3. The summed E-state index contributed by atoms with van der Waals surface area (Å²) in [6.07, 6.45) is 2.11. The van der Waals surface area contributed by atoms with Gasteiger partial charge < -0.3 is 29.9 Å². The number of para-hydroxylation sites is 1. The molecule has 3 aromatic carbocycles. The highest BCUT2D eigenvalue weighted by Crippen LogP contribution is 2.59. The van der Waals surface area contributed by atoms with Crippen LogP contribution >= 0.6 is 0 Å². The molecule has 2 aliphatic heterocycles. The number of hydrogen-bond acceptors (Lipinski definition) is 10. The fraction of sp³-hybridized carbons (Fsp3) is 0.273. The van der Waals surface area contributed by atoms with E-state index in [1.54, 1.807) is 18.2 Å². The molecular formula is C33H30B2N2O10. The van der Waals surface area contributed by atoms with Crippen molar-refractivity contribution < 1.29 is 49.1 Å². The summed E-state index contributed by atoms with van der Waals surface area (Å²) < 4.78 is 5.37. The van der Waals surface area contributed by atoms with Crippen LogP contribution in [-0.4, -0.2) is 70.2 Å². The Kier molecular flexibility index (Phi) is 7.55. The molecule has 6 atom stereocenters. The second-order valence-electron chi connectivity index (χ2n) is 12.4. The van der Waals surface area contributed by atoms with Crippen LogP contribution in [-0.2, 0) is 19.2 Å². The van der Waals surface area contributed by atoms with E-state index in [9.17, 15) is 44.4 Å². The molecule has 2 heterocycles. The van der Waals surface area contributed by atoms with Crippen LogP contribution in [0.3, 0.4) is 0 Å². The molecule has 0 aromatic heterocycles. The highest BCUT2D eigenvalue weighted by atomic mass is 16.5. The molecule has 12 nitrogen and oxygen atoms in total. The maximum absolute atomic E-state index is 14.3. The number of ether oxygens (including phenoxy) is 1. The Balaban J connectivity index is 1.34. The first-order chi connectivity index (χ1) is 22.5. The third kappa shape index (κ3) is 4.70. The number of amides is 4. The third-order valence-corrected chi connectivity index (χ3v) is 10.1. The van der Waals surface area contributed by atoms with Gasteiger partial charge in [-0.3, -0.25) is 29.0 Å². The minimum absolute atomic E-state index is 0.0878. The fourth-order valence-electron chi connectivity index (χ4n) is 8.05. The van der Waals surface area contributed by atoms with Gasteiger partial charge in [0.15, 0.2) is 11.5 Å². The van der Waals surface area contributed by atoms with Gasteiger partial charge in [0, 0.05) is 11.5 Å². The van der Waals surface area contributed by atoms with Gasteiger partial charge in [0.1, 0.15) is 0 Å². The molecule has 0 radical (unpaired) electrons. The average Bonchev–Trinajstić information content (AvgIpc) is 3.47. The summed E-state index contributed by atoms with van der Waals surface area (Å²) in [5.74, 6) is -7.03.